The van der Waals surface area contributed by atoms with Gasteiger partial charge in [-0.1, -0.05) is 13.8 Å². The summed E-state index contributed by atoms with van der Waals surface area (Å²) in [6.45, 7) is 3.65. The van der Waals surface area contributed by atoms with Gasteiger partial charge in [-0.3, -0.25) is 14.7 Å². The Balaban J connectivity index is 4.18. The largest absolute Gasteiger partial charge is 0.480 e. The molecule has 0 spiro atoms. The first kappa shape index (κ1) is 13.3. The number of hydrogen-bond acceptors (Lipinski definition) is 4. The van der Waals surface area contributed by atoms with E-state index in [-0.39, 0.29) is 5.92 Å². The molecule has 0 radical (unpaired) electrons. The molecule has 0 aromatic heterocycles. The highest BCUT2D eigenvalue weighted by Crippen LogP contribution is 2.04. The molecular weight excluding hydrogens is 210 g/mol. The summed E-state index contributed by atoms with van der Waals surface area (Å²) in [5.41, 5.74) is 0. The van der Waals surface area contributed by atoms with Crippen molar-refractivity contribution in [3.05, 3.63) is 0 Å². The molecule has 3 N–H and O–H groups in total. The molecule has 0 aliphatic heterocycles. The van der Waals surface area contributed by atoms with Gasteiger partial charge in [0.15, 0.2) is 0 Å². The molecule has 0 rings (SSSR count). The lowest BCUT2D eigenvalue weighted by Gasteiger charge is -2.15. The van der Waals surface area contributed by atoms with Gasteiger partial charge < -0.3 is 5.11 Å². The van der Waals surface area contributed by atoms with Gasteiger partial charge >= 0.3 is 5.97 Å². The molecule has 0 aliphatic rings. The Hall–Kier alpha value is -0.660. The van der Waals surface area contributed by atoms with E-state index in [4.69, 9.17) is 9.66 Å². The second kappa shape index (κ2) is 5.28. The van der Waals surface area contributed by atoms with Gasteiger partial charge in [0.25, 0.3) is 10.1 Å². The van der Waals surface area contributed by atoms with Crippen molar-refractivity contribution in [3.63, 3.8) is 0 Å². The lowest BCUT2D eigenvalue weighted by Crippen LogP contribution is -2.40. The summed E-state index contributed by atoms with van der Waals surface area (Å²) in [4.78, 5) is 10.6. The fourth-order valence-corrected chi connectivity index (χ4v) is 1.36. The lowest BCUT2D eigenvalue weighted by atomic mass is 10.0. The summed E-state index contributed by atoms with van der Waals surface area (Å²) in [6.07, 6.45) is 0.310. The monoisotopic (exact) mass is 225 g/mol. The Labute approximate surface area is 83.1 Å². The second-order valence-electron chi connectivity index (χ2n) is 3.45. The molecule has 1 unspecified atom stereocenters. The van der Waals surface area contributed by atoms with Crippen LogP contribution in [0.4, 0.5) is 0 Å². The van der Waals surface area contributed by atoms with Gasteiger partial charge in [0.05, 0.1) is 0 Å². The fourth-order valence-electron chi connectivity index (χ4n) is 0.949. The van der Waals surface area contributed by atoms with Crippen LogP contribution in [0.1, 0.15) is 20.3 Å². The summed E-state index contributed by atoms with van der Waals surface area (Å²) in [5, 5.41) is 10.9. The molecular formula is C7H15NO5S. The molecule has 0 saturated carbocycles. The Kier molecular flexibility index (Phi) is 5.03. The molecule has 0 saturated heterocycles. The van der Waals surface area contributed by atoms with E-state index in [1.807, 2.05) is 13.8 Å². The van der Waals surface area contributed by atoms with Crippen molar-refractivity contribution < 1.29 is 22.9 Å². The summed E-state index contributed by atoms with van der Waals surface area (Å²) >= 11 is 0. The molecule has 0 amide bonds. The maximum Gasteiger partial charge on any atom is 0.320 e. The molecule has 0 aliphatic carbocycles. The van der Waals surface area contributed by atoms with Crippen molar-refractivity contribution in [2.45, 2.75) is 26.3 Å². The van der Waals surface area contributed by atoms with E-state index < -0.39 is 28.0 Å². The minimum absolute atomic E-state index is 0.130. The van der Waals surface area contributed by atoms with Crippen molar-refractivity contribution in [2.24, 2.45) is 5.92 Å². The van der Waals surface area contributed by atoms with E-state index in [0.29, 0.717) is 6.42 Å². The van der Waals surface area contributed by atoms with Gasteiger partial charge in [0.1, 0.15) is 11.9 Å². The summed E-state index contributed by atoms with van der Waals surface area (Å²) in [7, 11) is -4.16. The van der Waals surface area contributed by atoms with Crippen LogP contribution in [0.15, 0.2) is 0 Å². The Morgan fingerprint density at radius 2 is 1.93 bits per heavy atom. The lowest BCUT2D eigenvalue weighted by molar-refractivity contribution is -0.139. The van der Waals surface area contributed by atoms with Crippen molar-refractivity contribution in [2.75, 3.05) is 5.88 Å². The van der Waals surface area contributed by atoms with E-state index in [2.05, 4.69) is 5.32 Å². The molecule has 0 fully saturated rings. The zero-order chi connectivity index (χ0) is 11.4. The Bertz CT molecular complexity index is 284. The van der Waals surface area contributed by atoms with E-state index >= 15 is 0 Å². The highest BCUT2D eigenvalue weighted by molar-refractivity contribution is 7.85. The predicted octanol–water partition coefficient (Wildman–Crippen LogP) is -0.0794. The fraction of sp³-hybridized carbons (Fsp3) is 0.857. The van der Waals surface area contributed by atoms with Gasteiger partial charge in [0, 0.05) is 0 Å². The second-order valence-corrected chi connectivity index (χ2v) is 4.90. The van der Waals surface area contributed by atoms with Gasteiger partial charge in [-0.05, 0) is 12.3 Å². The van der Waals surface area contributed by atoms with Gasteiger partial charge in [-0.15, -0.1) is 0 Å². The van der Waals surface area contributed by atoms with Gasteiger partial charge in [-0.25, -0.2) is 0 Å². The number of carboxylic acid groups (broad SMARTS) is 1. The number of carbonyl (C=O) groups is 1. The topological polar surface area (TPSA) is 104 Å². The maximum absolute atomic E-state index is 10.6. The molecule has 6 nitrogen and oxygen atoms in total. The molecule has 1 atom stereocenters. The van der Waals surface area contributed by atoms with Crippen LogP contribution < -0.4 is 5.32 Å². The van der Waals surface area contributed by atoms with Crippen LogP contribution in [0.5, 0.6) is 0 Å². The van der Waals surface area contributed by atoms with Crippen LogP contribution in [0.2, 0.25) is 0 Å². The average Bonchev–Trinajstić information content (AvgIpc) is 1.94. The molecule has 0 aromatic carbocycles. The van der Waals surface area contributed by atoms with E-state index in [0.717, 1.165) is 0 Å². The number of nitrogens with one attached hydrogen (secondary N) is 1. The van der Waals surface area contributed by atoms with Gasteiger partial charge in [0.2, 0.25) is 0 Å². The summed E-state index contributed by atoms with van der Waals surface area (Å²) in [6, 6.07) is -0.947. The van der Waals surface area contributed by atoms with E-state index in [1.54, 1.807) is 0 Å². The molecule has 7 heteroatoms. The zero-order valence-electron chi connectivity index (χ0n) is 8.10. The first-order valence-electron chi connectivity index (χ1n) is 4.13. The first-order valence-corrected chi connectivity index (χ1v) is 5.74. The molecule has 0 aromatic rings. The molecule has 0 heterocycles. The van der Waals surface area contributed by atoms with Crippen LogP contribution in [0, 0.1) is 5.92 Å². The van der Waals surface area contributed by atoms with Crippen LogP contribution >= 0.6 is 0 Å². The number of hydrogen-bond donors (Lipinski definition) is 3. The Morgan fingerprint density at radius 1 is 1.43 bits per heavy atom. The van der Waals surface area contributed by atoms with Crippen molar-refractivity contribution >= 4 is 16.1 Å². The molecule has 0 bridgehead atoms. The highest BCUT2D eigenvalue weighted by Gasteiger charge is 2.20. The Morgan fingerprint density at radius 3 is 2.21 bits per heavy atom. The summed E-state index contributed by atoms with van der Waals surface area (Å²) < 4.78 is 29.1. The number of aliphatic carboxylic acids is 1. The third-order valence-corrected chi connectivity index (χ3v) is 2.05. The first-order chi connectivity index (χ1) is 6.22. The highest BCUT2D eigenvalue weighted by atomic mass is 32.2. The predicted molar refractivity (Wildman–Crippen MR) is 50.4 cm³/mol. The van der Waals surface area contributed by atoms with Crippen LogP contribution in [-0.4, -0.2) is 36.0 Å². The number of rotatable bonds is 6. The standard InChI is InChI=1S/C7H15NO5S/c1-5(2)3-6(7(9)10)8-4-14(11,12)13/h5-6,8H,3-4H2,1-2H3,(H,9,10)(H,11,12,13). The van der Waals surface area contributed by atoms with E-state index in [1.165, 1.54) is 0 Å². The van der Waals surface area contributed by atoms with Crippen molar-refractivity contribution in [1.29, 1.82) is 0 Å². The van der Waals surface area contributed by atoms with Crippen LogP contribution in [0.3, 0.4) is 0 Å². The molecule has 84 valence electrons. The van der Waals surface area contributed by atoms with E-state index in [9.17, 15) is 13.2 Å². The quantitative estimate of drug-likeness (QED) is 0.546. The maximum atomic E-state index is 10.6. The van der Waals surface area contributed by atoms with Crippen molar-refractivity contribution in [3.8, 4) is 0 Å². The third-order valence-electron chi connectivity index (χ3n) is 1.52. The molecule has 14 heavy (non-hydrogen) atoms. The normalized spacial score (nSPS) is 14.3. The minimum Gasteiger partial charge on any atom is -0.480 e. The SMILES string of the molecule is CC(C)CC(NCS(=O)(=O)O)C(=O)O. The van der Waals surface area contributed by atoms with Crippen LogP contribution in [-0.2, 0) is 14.9 Å². The average molecular weight is 225 g/mol. The zero-order valence-corrected chi connectivity index (χ0v) is 8.91. The third kappa shape index (κ3) is 6.81. The number of carboxylic acids is 1. The summed E-state index contributed by atoms with van der Waals surface area (Å²) in [5.74, 6) is -1.73. The van der Waals surface area contributed by atoms with Gasteiger partial charge in [-0.2, -0.15) is 8.42 Å². The van der Waals surface area contributed by atoms with Crippen LogP contribution in [0.25, 0.3) is 0 Å². The smallest absolute Gasteiger partial charge is 0.320 e. The van der Waals surface area contributed by atoms with Crippen molar-refractivity contribution in [1.82, 2.24) is 5.32 Å². The minimum atomic E-state index is -4.16.